The van der Waals surface area contributed by atoms with Crippen LogP contribution in [0.15, 0.2) is 39.5 Å². The van der Waals surface area contributed by atoms with Gasteiger partial charge in [0.05, 0.1) is 11.3 Å². The third-order valence-corrected chi connectivity index (χ3v) is 5.24. The Hall–Kier alpha value is -1.79. The van der Waals surface area contributed by atoms with E-state index >= 15 is 0 Å². The first-order valence-corrected chi connectivity index (χ1v) is 9.31. The van der Waals surface area contributed by atoms with Crippen molar-refractivity contribution in [1.29, 1.82) is 0 Å². The molecule has 0 aliphatic rings. The molecule has 1 atom stereocenters. The van der Waals surface area contributed by atoms with Crippen LogP contribution in [0.25, 0.3) is 11.5 Å². The first kappa shape index (κ1) is 15.1. The van der Waals surface area contributed by atoms with Gasteiger partial charge in [0.1, 0.15) is 0 Å². The van der Waals surface area contributed by atoms with Crippen LogP contribution in [0.5, 0.6) is 0 Å². The zero-order chi connectivity index (χ0) is 15.5. The van der Waals surface area contributed by atoms with Crippen molar-refractivity contribution in [3.05, 3.63) is 57.5 Å². The van der Waals surface area contributed by atoms with E-state index < -0.39 is 10.8 Å². The normalized spacial score (nSPS) is 12.5. The highest BCUT2D eigenvalue weighted by atomic mass is 32.2. The Morgan fingerprint density at radius 1 is 1.23 bits per heavy atom. The number of rotatable bonds is 5. The van der Waals surface area contributed by atoms with Gasteiger partial charge in [-0.3, -0.25) is 4.21 Å². The van der Waals surface area contributed by atoms with Crippen LogP contribution in [-0.4, -0.2) is 14.3 Å². The molecule has 114 valence electrons. The summed E-state index contributed by atoms with van der Waals surface area (Å²) < 4.78 is 17.5. The van der Waals surface area contributed by atoms with Crippen molar-refractivity contribution in [2.24, 2.45) is 0 Å². The minimum Gasteiger partial charge on any atom is -0.334 e. The summed E-state index contributed by atoms with van der Waals surface area (Å²) >= 11 is 1.57. The van der Waals surface area contributed by atoms with Crippen molar-refractivity contribution in [3.63, 3.8) is 0 Å². The Labute approximate surface area is 135 Å². The lowest BCUT2D eigenvalue weighted by atomic mass is 10.1. The minimum absolute atomic E-state index is 0.307. The van der Waals surface area contributed by atoms with Crippen molar-refractivity contribution in [1.82, 2.24) is 10.1 Å². The third kappa shape index (κ3) is 3.51. The summed E-state index contributed by atoms with van der Waals surface area (Å²) in [6.07, 6.45) is 0. The van der Waals surface area contributed by atoms with Crippen LogP contribution in [0.1, 0.15) is 22.5 Å². The van der Waals surface area contributed by atoms with Gasteiger partial charge in [-0.05, 0) is 36.4 Å². The van der Waals surface area contributed by atoms with E-state index in [0.717, 1.165) is 16.7 Å². The Morgan fingerprint density at radius 3 is 2.86 bits per heavy atom. The average molecular weight is 332 g/mol. The monoisotopic (exact) mass is 332 g/mol. The Balaban J connectivity index is 1.68. The van der Waals surface area contributed by atoms with Gasteiger partial charge in [-0.2, -0.15) is 16.3 Å². The topological polar surface area (TPSA) is 56.0 Å². The van der Waals surface area contributed by atoms with Gasteiger partial charge < -0.3 is 4.52 Å². The summed E-state index contributed by atoms with van der Waals surface area (Å²) in [6, 6.07) is 8.13. The zero-order valence-electron chi connectivity index (χ0n) is 12.4. The standard InChI is InChI=1S/C16H16N2O2S2/c1-11-3-4-12(2)14(7-11)9-22(19)10-15-17-16(20-18-15)13-5-6-21-8-13/h3-8H,9-10H2,1-2H3/t22-/m1/s1. The van der Waals surface area contributed by atoms with E-state index in [0.29, 0.717) is 23.2 Å². The van der Waals surface area contributed by atoms with Crippen LogP contribution >= 0.6 is 11.3 Å². The van der Waals surface area contributed by atoms with Crippen LogP contribution in [0.2, 0.25) is 0 Å². The van der Waals surface area contributed by atoms with Crippen LogP contribution in [-0.2, 0) is 22.3 Å². The van der Waals surface area contributed by atoms with Gasteiger partial charge in [0.2, 0.25) is 0 Å². The number of benzene rings is 1. The molecule has 0 fully saturated rings. The van der Waals surface area contributed by atoms with E-state index in [1.165, 1.54) is 5.56 Å². The van der Waals surface area contributed by atoms with Crippen molar-refractivity contribution in [2.75, 3.05) is 0 Å². The molecule has 0 aliphatic carbocycles. The highest BCUT2D eigenvalue weighted by Crippen LogP contribution is 2.20. The molecule has 0 N–H and O–H groups in total. The lowest BCUT2D eigenvalue weighted by Gasteiger charge is -2.06. The van der Waals surface area contributed by atoms with E-state index in [1.54, 1.807) is 11.3 Å². The van der Waals surface area contributed by atoms with Crippen molar-refractivity contribution in [2.45, 2.75) is 25.4 Å². The van der Waals surface area contributed by atoms with Gasteiger partial charge in [0.15, 0.2) is 5.82 Å². The highest BCUT2D eigenvalue weighted by molar-refractivity contribution is 7.83. The number of hydrogen-bond acceptors (Lipinski definition) is 5. The Kier molecular flexibility index (Phi) is 4.49. The van der Waals surface area contributed by atoms with E-state index in [2.05, 4.69) is 28.3 Å². The Bertz CT molecular complexity index is 794. The van der Waals surface area contributed by atoms with E-state index in [9.17, 15) is 4.21 Å². The molecule has 0 amide bonds. The molecular weight excluding hydrogens is 316 g/mol. The number of thiophene rings is 1. The van der Waals surface area contributed by atoms with Crippen LogP contribution in [0.4, 0.5) is 0 Å². The smallest absolute Gasteiger partial charge is 0.258 e. The molecule has 2 aromatic heterocycles. The van der Waals surface area contributed by atoms with E-state index in [1.807, 2.05) is 30.7 Å². The number of nitrogens with zero attached hydrogens (tertiary/aromatic N) is 2. The summed E-state index contributed by atoms with van der Waals surface area (Å²) in [5.74, 6) is 1.79. The fraction of sp³-hybridized carbons (Fsp3) is 0.250. The van der Waals surface area contributed by atoms with Crippen molar-refractivity contribution >= 4 is 22.1 Å². The van der Waals surface area contributed by atoms with Gasteiger partial charge in [-0.1, -0.05) is 28.9 Å². The van der Waals surface area contributed by atoms with Gasteiger partial charge in [0, 0.05) is 21.9 Å². The first-order chi connectivity index (χ1) is 10.6. The fourth-order valence-corrected chi connectivity index (χ4v) is 3.94. The quantitative estimate of drug-likeness (QED) is 0.712. The van der Waals surface area contributed by atoms with Crippen molar-refractivity contribution < 1.29 is 8.73 Å². The first-order valence-electron chi connectivity index (χ1n) is 6.88. The van der Waals surface area contributed by atoms with Crippen LogP contribution in [0, 0.1) is 13.8 Å². The molecule has 0 saturated carbocycles. The average Bonchev–Trinajstić information content (AvgIpc) is 3.13. The molecule has 0 spiro atoms. The van der Waals surface area contributed by atoms with Gasteiger partial charge in [-0.25, -0.2) is 0 Å². The molecular formula is C16H16N2O2S2. The molecule has 6 heteroatoms. The predicted molar refractivity (Wildman–Crippen MR) is 89.1 cm³/mol. The van der Waals surface area contributed by atoms with E-state index in [-0.39, 0.29) is 0 Å². The second-order valence-corrected chi connectivity index (χ2v) is 7.42. The SMILES string of the molecule is Cc1ccc(C)c(C[S@@](=O)Cc2noc(-c3ccsc3)n2)c1. The molecule has 4 nitrogen and oxygen atoms in total. The summed E-state index contributed by atoms with van der Waals surface area (Å²) in [5, 5.41) is 7.82. The molecule has 22 heavy (non-hydrogen) atoms. The molecule has 2 heterocycles. The number of aromatic nitrogens is 2. The third-order valence-electron chi connectivity index (χ3n) is 3.35. The molecule has 0 radical (unpaired) electrons. The molecule has 1 aromatic carbocycles. The Morgan fingerprint density at radius 2 is 2.09 bits per heavy atom. The maximum atomic E-state index is 12.3. The van der Waals surface area contributed by atoms with E-state index in [4.69, 9.17) is 4.52 Å². The van der Waals surface area contributed by atoms with Crippen LogP contribution in [0.3, 0.4) is 0 Å². The molecule has 0 unspecified atom stereocenters. The van der Waals surface area contributed by atoms with Crippen LogP contribution < -0.4 is 0 Å². The molecule has 0 aliphatic heterocycles. The summed E-state index contributed by atoms with van der Waals surface area (Å²) in [6.45, 7) is 4.08. The largest absolute Gasteiger partial charge is 0.334 e. The molecule has 3 aromatic rings. The van der Waals surface area contributed by atoms with Gasteiger partial charge >= 0.3 is 0 Å². The second-order valence-electron chi connectivity index (χ2n) is 5.19. The second kappa shape index (κ2) is 6.54. The fourth-order valence-electron chi connectivity index (χ4n) is 2.14. The maximum Gasteiger partial charge on any atom is 0.258 e. The minimum atomic E-state index is -1.06. The zero-order valence-corrected chi connectivity index (χ0v) is 14.0. The summed E-state index contributed by atoms with van der Waals surface area (Å²) in [4.78, 5) is 4.31. The lowest BCUT2D eigenvalue weighted by Crippen LogP contribution is -2.02. The molecule has 3 rings (SSSR count). The highest BCUT2D eigenvalue weighted by Gasteiger charge is 2.13. The van der Waals surface area contributed by atoms with Gasteiger partial charge in [-0.15, -0.1) is 0 Å². The maximum absolute atomic E-state index is 12.3. The van der Waals surface area contributed by atoms with Crippen molar-refractivity contribution in [3.8, 4) is 11.5 Å². The predicted octanol–water partition coefficient (Wildman–Crippen LogP) is 3.86. The lowest BCUT2D eigenvalue weighted by molar-refractivity contribution is 0.425. The summed E-state index contributed by atoms with van der Waals surface area (Å²) in [5.41, 5.74) is 4.35. The molecule has 0 bridgehead atoms. The summed E-state index contributed by atoms with van der Waals surface area (Å²) in [7, 11) is -1.06. The number of hydrogen-bond donors (Lipinski definition) is 0. The molecule has 0 saturated heterocycles. The van der Waals surface area contributed by atoms with Gasteiger partial charge in [0.25, 0.3) is 5.89 Å². The number of aryl methyl sites for hydroxylation is 2.